The van der Waals surface area contributed by atoms with Crippen LogP contribution in [0.4, 0.5) is 4.39 Å². The van der Waals surface area contributed by atoms with Gasteiger partial charge in [0.1, 0.15) is 6.17 Å². The maximum Gasteiger partial charge on any atom is 0.108 e. The number of alkyl halides is 1. The summed E-state index contributed by atoms with van der Waals surface area (Å²) in [5.41, 5.74) is 0. The molecule has 1 heterocycles. The summed E-state index contributed by atoms with van der Waals surface area (Å²) in [6.07, 6.45) is 1.37. The Hall–Kier alpha value is -0.110. The Balaban J connectivity index is 2.12. The van der Waals surface area contributed by atoms with Crippen molar-refractivity contribution in [3.8, 4) is 0 Å². The highest BCUT2D eigenvalue weighted by Crippen LogP contribution is 2.07. The third-order valence-electron chi connectivity index (χ3n) is 1.01. The molecule has 0 aromatic rings. The highest BCUT2D eigenvalue weighted by Gasteiger charge is 2.10. The van der Waals surface area contributed by atoms with E-state index >= 15 is 0 Å². The van der Waals surface area contributed by atoms with Gasteiger partial charge in [0, 0.05) is 19.4 Å². The molecule has 1 radical (unpaired) electrons. The summed E-state index contributed by atoms with van der Waals surface area (Å²) in [5, 5.41) is 0. The van der Waals surface area contributed by atoms with Gasteiger partial charge in [-0.05, 0) is 0 Å². The molecule has 1 unspecified atom stereocenters. The van der Waals surface area contributed by atoms with Crippen molar-refractivity contribution in [2.24, 2.45) is 0 Å². The zero-order valence-corrected chi connectivity index (χ0v) is 4.06. The summed E-state index contributed by atoms with van der Waals surface area (Å²) < 4.78 is 16.9. The van der Waals surface area contributed by atoms with Crippen LogP contribution in [-0.4, -0.2) is 19.4 Å². The van der Waals surface area contributed by atoms with Crippen molar-refractivity contribution in [2.45, 2.75) is 12.6 Å². The van der Waals surface area contributed by atoms with E-state index in [1.807, 2.05) is 0 Å². The summed E-state index contributed by atoms with van der Waals surface area (Å²) >= 11 is 0. The molecule has 1 aliphatic heterocycles. The number of ether oxygens (including phenoxy) is 1. The van der Waals surface area contributed by atoms with Crippen LogP contribution in [0, 0.1) is 6.42 Å². The van der Waals surface area contributed by atoms with Crippen molar-refractivity contribution in [3.05, 3.63) is 6.42 Å². The monoisotopic (exact) mass is 103 g/mol. The van der Waals surface area contributed by atoms with E-state index in [0.29, 0.717) is 19.6 Å². The largest absolute Gasteiger partial charge is 0.381 e. The second-order valence-corrected chi connectivity index (χ2v) is 1.62. The van der Waals surface area contributed by atoms with E-state index in [0.717, 1.165) is 0 Å². The average Bonchev–Trinajstić information content (AvgIpc) is 1.69. The van der Waals surface area contributed by atoms with Gasteiger partial charge in [-0.2, -0.15) is 0 Å². The first-order valence-corrected chi connectivity index (χ1v) is 2.45. The lowest BCUT2D eigenvalue weighted by molar-refractivity contribution is 0.0898. The lowest BCUT2D eigenvalue weighted by atomic mass is 10.2. The van der Waals surface area contributed by atoms with Gasteiger partial charge in [0.15, 0.2) is 0 Å². The van der Waals surface area contributed by atoms with E-state index in [9.17, 15) is 4.39 Å². The van der Waals surface area contributed by atoms with Gasteiger partial charge in [0.25, 0.3) is 0 Å². The van der Waals surface area contributed by atoms with Gasteiger partial charge in [-0.1, -0.05) is 0 Å². The third kappa shape index (κ3) is 1.43. The minimum absolute atomic E-state index is 0.487. The lowest BCUT2D eigenvalue weighted by Gasteiger charge is -2.13. The average molecular weight is 103 g/mol. The second kappa shape index (κ2) is 2.26. The Morgan fingerprint density at radius 3 is 2.86 bits per heavy atom. The zero-order chi connectivity index (χ0) is 5.11. The van der Waals surface area contributed by atoms with Gasteiger partial charge in [0.2, 0.25) is 0 Å². The molecule has 7 heavy (non-hydrogen) atoms. The fourth-order valence-corrected chi connectivity index (χ4v) is 0.570. The van der Waals surface area contributed by atoms with Crippen LogP contribution < -0.4 is 0 Å². The first kappa shape index (κ1) is 5.04. The molecule has 0 spiro atoms. The van der Waals surface area contributed by atoms with Crippen LogP contribution in [0.25, 0.3) is 0 Å². The molecule has 0 N–H and O–H groups in total. The fourth-order valence-electron chi connectivity index (χ4n) is 0.570. The molecule has 2 heteroatoms. The van der Waals surface area contributed by atoms with Crippen molar-refractivity contribution >= 4 is 0 Å². The summed E-state index contributed by atoms with van der Waals surface area (Å²) in [6, 6.07) is 0. The first-order chi connectivity index (χ1) is 3.39. The summed E-state index contributed by atoms with van der Waals surface area (Å²) in [4.78, 5) is 0. The molecular formula is C5H8FO. The molecule has 1 fully saturated rings. The van der Waals surface area contributed by atoms with Gasteiger partial charge >= 0.3 is 0 Å². The van der Waals surface area contributed by atoms with E-state index < -0.39 is 6.17 Å². The fraction of sp³-hybridized carbons (Fsp3) is 0.800. The van der Waals surface area contributed by atoms with E-state index in [1.165, 1.54) is 0 Å². The molecule has 1 saturated heterocycles. The predicted octanol–water partition coefficient (Wildman–Crippen LogP) is 0.949. The maximum atomic E-state index is 12.0. The molecule has 0 saturated carbocycles. The minimum Gasteiger partial charge on any atom is -0.381 e. The third-order valence-corrected chi connectivity index (χ3v) is 1.01. The smallest absolute Gasteiger partial charge is 0.108 e. The van der Waals surface area contributed by atoms with Gasteiger partial charge < -0.3 is 4.74 Å². The SMILES string of the molecule is FC1[CH]COCC1. The van der Waals surface area contributed by atoms with Gasteiger partial charge in [0.05, 0.1) is 6.61 Å². The molecule has 0 aromatic carbocycles. The van der Waals surface area contributed by atoms with E-state index in [1.54, 1.807) is 6.42 Å². The van der Waals surface area contributed by atoms with Crippen LogP contribution in [0.15, 0.2) is 0 Å². The van der Waals surface area contributed by atoms with Crippen molar-refractivity contribution in [1.29, 1.82) is 0 Å². The van der Waals surface area contributed by atoms with E-state index in [-0.39, 0.29) is 0 Å². The quantitative estimate of drug-likeness (QED) is 0.443. The normalized spacial score (nSPS) is 25.3. The molecular weight excluding hydrogens is 95.1 g/mol. The van der Waals surface area contributed by atoms with Crippen molar-refractivity contribution in [2.75, 3.05) is 13.2 Å². The van der Waals surface area contributed by atoms with Crippen molar-refractivity contribution in [3.63, 3.8) is 0 Å². The number of rotatable bonds is 0. The molecule has 0 aromatic heterocycles. The minimum atomic E-state index is -0.714. The Morgan fingerprint density at radius 2 is 2.57 bits per heavy atom. The molecule has 41 valence electrons. The Labute approximate surface area is 42.5 Å². The number of hydrogen-bond donors (Lipinski definition) is 0. The van der Waals surface area contributed by atoms with Crippen LogP contribution in [0.5, 0.6) is 0 Å². The van der Waals surface area contributed by atoms with Crippen LogP contribution in [0.1, 0.15) is 6.42 Å². The topological polar surface area (TPSA) is 9.23 Å². The van der Waals surface area contributed by atoms with E-state index in [2.05, 4.69) is 0 Å². The van der Waals surface area contributed by atoms with Crippen molar-refractivity contribution < 1.29 is 9.13 Å². The van der Waals surface area contributed by atoms with Crippen LogP contribution in [0.2, 0.25) is 0 Å². The molecule has 1 nitrogen and oxygen atoms in total. The van der Waals surface area contributed by atoms with Crippen LogP contribution >= 0.6 is 0 Å². The van der Waals surface area contributed by atoms with Gasteiger partial charge in [-0.25, -0.2) is 4.39 Å². The summed E-state index contributed by atoms with van der Waals surface area (Å²) in [7, 11) is 0. The molecule has 0 amide bonds. The second-order valence-electron chi connectivity index (χ2n) is 1.62. The molecule has 1 atom stereocenters. The Kier molecular flexibility index (Phi) is 1.63. The lowest BCUT2D eigenvalue weighted by Crippen LogP contribution is -2.16. The Morgan fingerprint density at radius 1 is 1.71 bits per heavy atom. The summed E-state index contributed by atoms with van der Waals surface area (Å²) in [5.74, 6) is 0. The van der Waals surface area contributed by atoms with Crippen molar-refractivity contribution in [1.82, 2.24) is 0 Å². The molecule has 1 aliphatic rings. The van der Waals surface area contributed by atoms with Gasteiger partial charge in [-0.3, -0.25) is 0 Å². The zero-order valence-electron chi connectivity index (χ0n) is 4.06. The standard InChI is InChI=1S/C5H8FO/c6-5-1-3-7-4-2-5/h1,5H,2-4H2. The molecule has 1 rings (SSSR count). The highest BCUT2D eigenvalue weighted by molar-refractivity contribution is 4.78. The maximum absolute atomic E-state index is 12.0. The summed E-state index contributed by atoms with van der Waals surface area (Å²) in [6.45, 7) is 1.07. The van der Waals surface area contributed by atoms with Crippen LogP contribution in [0.3, 0.4) is 0 Å². The predicted molar refractivity (Wildman–Crippen MR) is 24.6 cm³/mol. The number of hydrogen-bond acceptors (Lipinski definition) is 1. The van der Waals surface area contributed by atoms with Crippen LogP contribution in [-0.2, 0) is 4.74 Å². The van der Waals surface area contributed by atoms with Gasteiger partial charge in [-0.15, -0.1) is 0 Å². The number of halogens is 1. The molecule has 0 bridgehead atoms. The first-order valence-electron chi connectivity index (χ1n) is 2.45. The highest BCUT2D eigenvalue weighted by atomic mass is 19.1. The Bertz CT molecular complexity index is 50.0. The van der Waals surface area contributed by atoms with E-state index in [4.69, 9.17) is 4.74 Å². The molecule has 0 aliphatic carbocycles.